The summed E-state index contributed by atoms with van der Waals surface area (Å²) in [5.41, 5.74) is 5.16. The maximum absolute atomic E-state index is 6.20. The molecule has 0 spiro atoms. The van der Waals surface area contributed by atoms with Gasteiger partial charge in [0.25, 0.3) is 0 Å². The maximum Gasteiger partial charge on any atom is 0.119 e. The average molecular weight is 1220 g/mol. The van der Waals surface area contributed by atoms with E-state index in [1.165, 1.54) is 231 Å². The van der Waals surface area contributed by atoms with E-state index in [1.54, 1.807) is 11.3 Å². The number of hydrogen-bond donors (Lipinski definition) is 0. The molecule has 4 nitrogen and oxygen atoms in total. The summed E-state index contributed by atoms with van der Waals surface area (Å²) in [5, 5.41) is 0. The molecule has 0 fully saturated rings. The Morgan fingerprint density at radius 1 is 0.213 bits per heavy atom. The normalized spacial score (nSPS) is 10.7. The molecule has 5 heteroatoms. The highest BCUT2D eigenvalue weighted by Crippen LogP contribution is 2.29. The zero-order valence-corrected chi connectivity index (χ0v) is 57.2. The fourth-order valence-corrected chi connectivity index (χ4v) is 11.9. The molecule has 5 aromatic rings. The molecule has 0 unspecified atom stereocenters. The molecule has 0 N–H and O–H groups in total. The summed E-state index contributed by atoms with van der Waals surface area (Å²) < 4.78 is 24.8. The lowest BCUT2D eigenvalue weighted by Gasteiger charge is -2.06. The van der Waals surface area contributed by atoms with Gasteiger partial charge in [-0.3, -0.25) is 0 Å². The van der Waals surface area contributed by atoms with E-state index in [-0.39, 0.29) is 0 Å². The van der Waals surface area contributed by atoms with E-state index in [4.69, 9.17) is 18.9 Å². The van der Waals surface area contributed by atoms with E-state index >= 15 is 0 Å². The minimum Gasteiger partial charge on any atom is -0.494 e. The van der Waals surface area contributed by atoms with Crippen molar-refractivity contribution in [2.75, 3.05) is 26.4 Å². The molecule has 0 radical (unpaired) electrons. The molecule has 89 heavy (non-hydrogen) atoms. The molecule has 0 bridgehead atoms. The second kappa shape index (κ2) is 50.7. The summed E-state index contributed by atoms with van der Waals surface area (Å²) in [6.07, 6.45) is 52.3. The van der Waals surface area contributed by atoms with Crippen LogP contribution in [-0.4, -0.2) is 26.4 Å². The van der Waals surface area contributed by atoms with Gasteiger partial charge in [-0.15, -0.1) is 11.3 Å². The third-order valence-corrected chi connectivity index (χ3v) is 17.7. The molecule has 0 aliphatic heterocycles. The first-order valence-electron chi connectivity index (χ1n) is 36.2. The third-order valence-electron chi connectivity index (χ3n) is 16.7. The van der Waals surface area contributed by atoms with Crippen LogP contribution in [0.5, 0.6) is 23.0 Å². The molecule has 1 aromatic heterocycles. The van der Waals surface area contributed by atoms with E-state index in [1.807, 2.05) is 48.5 Å². The maximum atomic E-state index is 6.20. The van der Waals surface area contributed by atoms with Crippen LogP contribution in [0.25, 0.3) is 0 Å². The quantitative estimate of drug-likeness (QED) is 0.0287. The third kappa shape index (κ3) is 35.3. The Labute approximate surface area is 548 Å². The molecule has 4 aromatic carbocycles. The van der Waals surface area contributed by atoms with Crippen LogP contribution >= 0.6 is 11.3 Å². The fraction of sp³-hybridized carbons (Fsp3) is 0.571. The number of hydrogen-bond acceptors (Lipinski definition) is 5. The standard InChI is InChI=1S/C84H116O4S/c1-5-9-13-17-21-25-29-33-37-41-69-85-77-57-45-73(46-58-77)53-65-81-82(66-54-74-47-59-78(60-48-74)86-70-42-38-34-30-26-22-18-14-10-6-2)84(68-56-76-51-63-80(64-52-76)88-72-44-40-36-32-28-24-20-16-12-8-4)89-83(81)67-55-75-49-61-79(62-50-75)87-71-43-39-35-31-27-23-19-15-11-7-3/h45-52,57-64H,5-44,69-72H2,1-4H3. The van der Waals surface area contributed by atoms with Gasteiger partial charge in [0.2, 0.25) is 0 Å². The van der Waals surface area contributed by atoms with Gasteiger partial charge in [-0.25, -0.2) is 0 Å². The fourth-order valence-electron chi connectivity index (χ4n) is 11.0. The lowest BCUT2D eigenvalue weighted by molar-refractivity contribution is 0.304. The topological polar surface area (TPSA) is 36.9 Å². The van der Waals surface area contributed by atoms with Crippen LogP contribution in [0.3, 0.4) is 0 Å². The first-order chi connectivity index (χ1) is 44.1. The molecule has 0 saturated carbocycles. The van der Waals surface area contributed by atoms with Crippen molar-refractivity contribution in [3.63, 3.8) is 0 Å². The van der Waals surface area contributed by atoms with Gasteiger partial charge in [-0.2, -0.15) is 0 Å². The second-order valence-electron chi connectivity index (χ2n) is 24.7. The summed E-state index contributed by atoms with van der Waals surface area (Å²) in [6.45, 7) is 12.1. The van der Waals surface area contributed by atoms with Gasteiger partial charge in [0, 0.05) is 22.3 Å². The van der Waals surface area contributed by atoms with Gasteiger partial charge in [-0.05, 0) is 135 Å². The minimum absolute atomic E-state index is 0.728. The zero-order valence-electron chi connectivity index (χ0n) is 56.4. The van der Waals surface area contributed by atoms with Crippen molar-refractivity contribution >= 4 is 11.3 Å². The summed E-state index contributed by atoms with van der Waals surface area (Å²) in [7, 11) is 0. The Kier molecular flexibility index (Phi) is 42.0. The highest BCUT2D eigenvalue weighted by Gasteiger charge is 2.15. The molecule has 5 rings (SSSR count). The largest absolute Gasteiger partial charge is 0.494 e. The Morgan fingerprint density at radius 2 is 0.393 bits per heavy atom. The summed E-state index contributed by atoms with van der Waals surface area (Å²) in [4.78, 5) is 1.66. The van der Waals surface area contributed by atoms with Crippen molar-refractivity contribution in [3.05, 3.63) is 140 Å². The number of thiophene rings is 1. The molecular weight excluding hydrogens is 1100 g/mol. The molecule has 0 saturated heterocycles. The van der Waals surface area contributed by atoms with Crippen molar-refractivity contribution in [2.45, 2.75) is 285 Å². The van der Waals surface area contributed by atoms with Gasteiger partial charge in [0.05, 0.1) is 47.3 Å². The molecule has 0 aliphatic rings. The van der Waals surface area contributed by atoms with Crippen molar-refractivity contribution in [1.29, 1.82) is 0 Å². The first-order valence-corrected chi connectivity index (χ1v) is 37.1. The van der Waals surface area contributed by atoms with Crippen LogP contribution < -0.4 is 18.9 Å². The highest BCUT2D eigenvalue weighted by molar-refractivity contribution is 7.13. The van der Waals surface area contributed by atoms with Crippen molar-refractivity contribution in [1.82, 2.24) is 0 Å². The number of rotatable bonds is 48. The van der Waals surface area contributed by atoms with Gasteiger partial charge in [0.15, 0.2) is 0 Å². The van der Waals surface area contributed by atoms with E-state index in [9.17, 15) is 0 Å². The Hall–Kier alpha value is -5.98. The second-order valence-corrected chi connectivity index (χ2v) is 25.8. The monoisotopic (exact) mass is 1220 g/mol. The van der Waals surface area contributed by atoms with Gasteiger partial charge < -0.3 is 18.9 Å². The number of ether oxygens (including phenoxy) is 4. The number of benzene rings is 4. The zero-order chi connectivity index (χ0) is 62.5. The van der Waals surface area contributed by atoms with Gasteiger partial charge in [-0.1, -0.05) is 294 Å². The SMILES string of the molecule is CCCCCCCCCCCCOc1ccc(C#Cc2sc(C#Cc3ccc(OCCCCCCCCCCCC)cc3)c(C#Cc3ccc(OCCCCCCCCCCCC)cc3)c2C#Cc2ccc(OCCCCCCCCCCCC)cc2)cc1. The molecule has 0 aliphatic carbocycles. The minimum atomic E-state index is 0.728. The predicted molar refractivity (Wildman–Crippen MR) is 383 cm³/mol. The Bertz CT molecular complexity index is 2620. The lowest BCUT2D eigenvalue weighted by Crippen LogP contribution is -1.97. The van der Waals surface area contributed by atoms with Crippen LogP contribution in [0, 0.1) is 47.4 Å². The molecular formula is C84H116O4S. The van der Waals surface area contributed by atoms with E-state index in [2.05, 4.69) is 124 Å². The molecule has 0 atom stereocenters. The van der Waals surface area contributed by atoms with E-state index in [0.29, 0.717) is 0 Å². The van der Waals surface area contributed by atoms with Crippen molar-refractivity contribution < 1.29 is 18.9 Å². The molecule has 0 amide bonds. The molecule has 482 valence electrons. The first kappa shape index (κ1) is 73.8. The summed E-state index contributed by atoms with van der Waals surface area (Å²) in [5.74, 6) is 31.7. The Balaban J connectivity index is 1.33. The summed E-state index contributed by atoms with van der Waals surface area (Å²) >= 11 is 1.56. The lowest BCUT2D eigenvalue weighted by atomic mass is 10.1. The van der Waals surface area contributed by atoms with Crippen LogP contribution in [0.4, 0.5) is 0 Å². The van der Waals surface area contributed by atoms with Crippen LogP contribution in [0.2, 0.25) is 0 Å². The highest BCUT2D eigenvalue weighted by atomic mass is 32.1. The predicted octanol–water partition coefficient (Wildman–Crippen LogP) is 24.5. The summed E-state index contributed by atoms with van der Waals surface area (Å²) in [6, 6.07) is 32.7. The molecule has 1 heterocycles. The van der Waals surface area contributed by atoms with Crippen LogP contribution in [0.1, 0.15) is 328 Å². The van der Waals surface area contributed by atoms with Crippen LogP contribution in [0.15, 0.2) is 97.1 Å². The smallest absolute Gasteiger partial charge is 0.119 e. The van der Waals surface area contributed by atoms with E-state index < -0.39 is 0 Å². The van der Waals surface area contributed by atoms with Crippen molar-refractivity contribution in [3.8, 4) is 70.4 Å². The van der Waals surface area contributed by atoms with Crippen LogP contribution in [-0.2, 0) is 0 Å². The Morgan fingerprint density at radius 3 is 0.596 bits per heavy atom. The van der Waals surface area contributed by atoms with E-state index in [0.717, 1.165) is 118 Å². The van der Waals surface area contributed by atoms with Gasteiger partial charge in [0.1, 0.15) is 23.0 Å². The number of unbranched alkanes of at least 4 members (excludes halogenated alkanes) is 36. The van der Waals surface area contributed by atoms with Crippen molar-refractivity contribution in [2.24, 2.45) is 0 Å². The average Bonchev–Trinajstić information content (AvgIpc) is 2.79. The van der Waals surface area contributed by atoms with Gasteiger partial charge >= 0.3 is 0 Å².